The maximum absolute atomic E-state index is 13.5. The molecular formula is C13H11BrFN3O3. The molecule has 1 N–H and O–H groups in total. The first-order chi connectivity index (χ1) is 10.0. The molecular weight excluding hydrogens is 345 g/mol. The predicted octanol–water partition coefficient (Wildman–Crippen LogP) is 3.51. The van der Waals surface area contributed by atoms with Crippen LogP contribution in [0.15, 0.2) is 34.9 Å². The molecule has 0 bridgehead atoms. The number of hydrogen-bond acceptors (Lipinski definition) is 5. The van der Waals surface area contributed by atoms with Gasteiger partial charge in [0.15, 0.2) is 5.75 Å². The maximum Gasteiger partial charge on any atom is 0.312 e. The van der Waals surface area contributed by atoms with E-state index in [1.165, 1.54) is 0 Å². The molecule has 1 aromatic carbocycles. The van der Waals surface area contributed by atoms with E-state index in [1.54, 1.807) is 25.4 Å². The molecule has 0 amide bonds. The van der Waals surface area contributed by atoms with Gasteiger partial charge in [-0.1, -0.05) is 6.07 Å². The average molecular weight is 356 g/mol. The summed E-state index contributed by atoms with van der Waals surface area (Å²) in [6.45, 7) is 0.0545. The smallest absolute Gasteiger partial charge is 0.312 e. The Bertz CT molecular complexity index is 664. The number of aromatic nitrogens is 1. The lowest BCUT2D eigenvalue weighted by Crippen LogP contribution is -2.01. The largest absolute Gasteiger partial charge is 0.482 e. The summed E-state index contributed by atoms with van der Waals surface area (Å²) >= 11 is 2.91. The minimum Gasteiger partial charge on any atom is -0.482 e. The summed E-state index contributed by atoms with van der Waals surface area (Å²) in [6, 6.07) is 5.57. The van der Waals surface area contributed by atoms with Gasteiger partial charge in [0.2, 0.25) is 0 Å². The summed E-state index contributed by atoms with van der Waals surface area (Å²) in [4.78, 5) is 14.4. The van der Waals surface area contributed by atoms with E-state index >= 15 is 0 Å². The molecule has 8 heteroatoms. The van der Waals surface area contributed by atoms with Crippen molar-refractivity contribution in [2.75, 3.05) is 12.4 Å². The predicted molar refractivity (Wildman–Crippen MR) is 78.9 cm³/mol. The van der Waals surface area contributed by atoms with Crippen molar-refractivity contribution in [3.05, 3.63) is 56.4 Å². The first-order valence-electron chi connectivity index (χ1n) is 5.90. The minimum atomic E-state index is -0.626. The van der Waals surface area contributed by atoms with E-state index in [4.69, 9.17) is 4.74 Å². The number of benzene rings is 1. The SMILES string of the molecule is CNc1ccc(COc2cc(F)c(Br)cc2[N+](=O)[O-])cn1. The lowest BCUT2D eigenvalue weighted by Gasteiger charge is -2.08. The number of anilines is 1. The van der Waals surface area contributed by atoms with Crippen LogP contribution in [0.5, 0.6) is 5.75 Å². The maximum atomic E-state index is 13.5. The molecule has 0 saturated heterocycles. The Labute approximate surface area is 128 Å². The van der Waals surface area contributed by atoms with Gasteiger partial charge in [0.05, 0.1) is 9.40 Å². The van der Waals surface area contributed by atoms with Crippen molar-refractivity contribution in [2.45, 2.75) is 6.61 Å². The van der Waals surface area contributed by atoms with E-state index in [2.05, 4.69) is 26.2 Å². The number of pyridine rings is 1. The highest BCUT2D eigenvalue weighted by Gasteiger charge is 2.19. The van der Waals surface area contributed by atoms with E-state index < -0.39 is 10.7 Å². The molecule has 2 rings (SSSR count). The van der Waals surface area contributed by atoms with E-state index in [0.29, 0.717) is 11.4 Å². The number of halogens is 2. The third-order valence-corrected chi connectivity index (χ3v) is 3.28. The van der Waals surface area contributed by atoms with Gasteiger partial charge in [-0.05, 0) is 22.0 Å². The molecule has 0 aliphatic carbocycles. The molecule has 0 spiro atoms. The first-order valence-corrected chi connectivity index (χ1v) is 6.69. The monoisotopic (exact) mass is 355 g/mol. The molecule has 0 saturated carbocycles. The molecule has 0 fully saturated rings. The molecule has 21 heavy (non-hydrogen) atoms. The standard InChI is InChI=1S/C13H11BrFN3O3/c1-16-13-3-2-8(6-17-13)7-21-12-5-10(15)9(14)4-11(12)18(19)20/h2-6H,7H2,1H3,(H,16,17). The second kappa shape index (κ2) is 6.49. The Hall–Kier alpha value is -2.22. The van der Waals surface area contributed by atoms with Crippen LogP contribution in [0.3, 0.4) is 0 Å². The van der Waals surface area contributed by atoms with Gasteiger partial charge in [-0.25, -0.2) is 9.37 Å². The second-order valence-electron chi connectivity index (χ2n) is 4.08. The highest BCUT2D eigenvalue weighted by Crippen LogP contribution is 2.32. The molecule has 1 aromatic heterocycles. The highest BCUT2D eigenvalue weighted by molar-refractivity contribution is 9.10. The number of nitro groups is 1. The van der Waals surface area contributed by atoms with E-state index in [9.17, 15) is 14.5 Å². The van der Waals surface area contributed by atoms with E-state index in [0.717, 1.165) is 12.1 Å². The third kappa shape index (κ3) is 3.66. The number of nitrogens with zero attached hydrogens (tertiary/aromatic N) is 2. The minimum absolute atomic E-state index is 0.0154. The van der Waals surface area contributed by atoms with Crippen LogP contribution in [0.1, 0.15) is 5.56 Å². The van der Waals surface area contributed by atoms with Crippen molar-refractivity contribution in [3.63, 3.8) is 0 Å². The van der Waals surface area contributed by atoms with Crippen LogP contribution >= 0.6 is 15.9 Å². The number of ether oxygens (including phenoxy) is 1. The Kier molecular flexibility index (Phi) is 4.69. The fourth-order valence-electron chi connectivity index (χ4n) is 1.60. The molecule has 0 radical (unpaired) electrons. The van der Waals surface area contributed by atoms with Crippen LogP contribution in [0.25, 0.3) is 0 Å². The third-order valence-electron chi connectivity index (χ3n) is 2.67. The van der Waals surface area contributed by atoms with Crippen molar-refractivity contribution in [2.24, 2.45) is 0 Å². The van der Waals surface area contributed by atoms with Gasteiger partial charge in [0, 0.05) is 30.9 Å². The summed E-state index contributed by atoms with van der Waals surface area (Å²) < 4.78 is 18.8. The van der Waals surface area contributed by atoms with E-state index in [-0.39, 0.29) is 22.5 Å². The molecule has 0 aliphatic rings. The van der Waals surface area contributed by atoms with Crippen molar-refractivity contribution >= 4 is 27.4 Å². The Morgan fingerprint density at radius 2 is 2.24 bits per heavy atom. The zero-order valence-electron chi connectivity index (χ0n) is 11.0. The highest BCUT2D eigenvalue weighted by atomic mass is 79.9. The second-order valence-corrected chi connectivity index (χ2v) is 4.94. The number of nitro benzene ring substituents is 1. The van der Waals surface area contributed by atoms with Gasteiger partial charge in [0.1, 0.15) is 18.2 Å². The zero-order valence-corrected chi connectivity index (χ0v) is 12.6. The van der Waals surface area contributed by atoms with Gasteiger partial charge in [-0.3, -0.25) is 10.1 Å². The van der Waals surface area contributed by atoms with Crippen LogP contribution in [-0.4, -0.2) is 17.0 Å². The van der Waals surface area contributed by atoms with Crippen LogP contribution < -0.4 is 10.1 Å². The average Bonchev–Trinajstić information content (AvgIpc) is 2.48. The summed E-state index contributed by atoms with van der Waals surface area (Å²) in [7, 11) is 1.74. The lowest BCUT2D eigenvalue weighted by molar-refractivity contribution is -0.386. The molecule has 6 nitrogen and oxygen atoms in total. The number of hydrogen-bond donors (Lipinski definition) is 1. The zero-order chi connectivity index (χ0) is 15.4. The van der Waals surface area contributed by atoms with Crippen LogP contribution in [0, 0.1) is 15.9 Å². The molecule has 0 aliphatic heterocycles. The first kappa shape index (κ1) is 15.2. The summed E-state index contributed by atoms with van der Waals surface area (Å²) in [5.41, 5.74) is 0.412. The van der Waals surface area contributed by atoms with Gasteiger partial charge in [0.25, 0.3) is 0 Å². The summed E-state index contributed by atoms with van der Waals surface area (Å²) in [5.74, 6) is -0.0583. The number of nitrogens with one attached hydrogen (secondary N) is 1. The van der Waals surface area contributed by atoms with Crippen LogP contribution in [0.4, 0.5) is 15.9 Å². The summed E-state index contributed by atoms with van der Waals surface area (Å²) in [6.07, 6.45) is 1.58. The van der Waals surface area contributed by atoms with Crippen molar-refractivity contribution in [1.29, 1.82) is 0 Å². The number of rotatable bonds is 5. The van der Waals surface area contributed by atoms with Crippen molar-refractivity contribution in [3.8, 4) is 5.75 Å². The molecule has 0 unspecified atom stereocenters. The Morgan fingerprint density at radius 1 is 1.48 bits per heavy atom. The van der Waals surface area contributed by atoms with Gasteiger partial charge < -0.3 is 10.1 Å². The molecule has 1 heterocycles. The molecule has 2 aromatic rings. The van der Waals surface area contributed by atoms with Gasteiger partial charge in [-0.15, -0.1) is 0 Å². The molecule has 110 valence electrons. The van der Waals surface area contributed by atoms with E-state index in [1.807, 2.05) is 0 Å². The van der Waals surface area contributed by atoms with Crippen molar-refractivity contribution in [1.82, 2.24) is 4.98 Å². The Balaban J connectivity index is 2.18. The van der Waals surface area contributed by atoms with Gasteiger partial charge in [-0.2, -0.15) is 0 Å². The topological polar surface area (TPSA) is 77.3 Å². The van der Waals surface area contributed by atoms with Crippen LogP contribution in [-0.2, 0) is 6.61 Å². The lowest BCUT2D eigenvalue weighted by atomic mass is 10.2. The van der Waals surface area contributed by atoms with Crippen molar-refractivity contribution < 1.29 is 14.1 Å². The fraction of sp³-hybridized carbons (Fsp3) is 0.154. The van der Waals surface area contributed by atoms with Crippen LogP contribution in [0.2, 0.25) is 0 Å². The Morgan fingerprint density at radius 3 is 2.81 bits per heavy atom. The fourth-order valence-corrected chi connectivity index (χ4v) is 1.93. The van der Waals surface area contributed by atoms with Gasteiger partial charge >= 0.3 is 5.69 Å². The molecule has 0 atom stereocenters. The summed E-state index contributed by atoms with van der Waals surface area (Å²) in [5, 5.41) is 13.8. The quantitative estimate of drug-likeness (QED) is 0.655. The normalized spacial score (nSPS) is 10.2.